The Morgan fingerprint density at radius 3 is 2.67 bits per heavy atom. The summed E-state index contributed by atoms with van der Waals surface area (Å²) in [5.74, 6) is 1.28. The molecule has 98 valence electrons. The van der Waals surface area contributed by atoms with E-state index in [2.05, 4.69) is 55.8 Å². The Balaban J connectivity index is 2.24. The molecule has 1 atom stereocenters. The number of guanidine groups is 1. The minimum Gasteiger partial charge on any atom is -0.370 e. The van der Waals surface area contributed by atoms with Crippen molar-refractivity contribution in [1.82, 2.24) is 4.90 Å². The lowest BCUT2D eigenvalue weighted by Crippen LogP contribution is -2.38. The van der Waals surface area contributed by atoms with Crippen molar-refractivity contribution in [3.63, 3.8) is 0 Å². The fraction of sp³-hybridized carbons (Fsp3) is 0.533. The van der Waals surface area contributed by atoms with Gasteiger partial charge in [0, 0.05) is 6.54 Å². The van der Waals surface area contributed by atoms with Crippen molar-refractivity contribution in [2.24, 2.45) is 16.6 Å². The van der Waals surface area contributed by atoms with Gasteiger partial charge < -0.3 is 10.6 Å². The number of aliphatic imine (C=N–C) groups is 1. The molecular weight excluding hydrogens is 222 g/mol. The van der Waals surface area contributed by atoms with Crippen LogP contribution in [0, 0.1) is 19.8 Å². The molecule has 0 radical (unpaired) electrons. The number of hydrogen-bond donors (Lipinski definition) is 1. The van der Waals surface area contributed by atoms with Gasteiger partial charge in [-0.05, 0) is 36.5 Å². The Morgan fingerprint density at radius 2 is 2.06 bits per heavy atom. The summed E-state index contributed by atoms with van der Waals surface area (Å²) in [5.41, 5.74) is 9.99. The molecule has 3 heteroatoms. The van der Waals surface area contributed by atoms with E-state index in [0.29, 0.717) is 17.9 Å². The van der Waals surface area contributed by atoms with Gasteiger partial charge in [-0.2, -0.15) is 0 Å². The van der Waals surface area contributed by atoms with Crippen LogP contribution in [-0.4, -0.2) is 23.9 Å². The molecule has 0 aliphatic carbocycles. The summed E-state index contributed by atoms with van der Waals surface area (Å²) in [6, 6.07) is 6.97. The van der Waals surface area contributed by atoms with Crippen LogP contribution in [0.2, 0.25) is 0 Å². The first-order chi connectivity index (χ1) is 8.49. The second-order valence-corrected chi connectivity index (χ2v) is 5.60. The van der Waals surface area contributed by atoms with Gasteiger partial charge in [-0.15, -0.1) is 0 Å². The molecule has 2 rings (SSSR count). The molecule has 0 fully saturated rings. The van der Waals surface area contributed by atoms with E-state index in [-0.39, 0.29) is 0 Å². The largest absolute Gasteiger partial charge is 0.370 e. The molecule has 2 N–H and O–H groups in total. The summed E-state index contributed by atoms with van der Waals surface area (Å²) in [7, 11) is 0. The van der Waals surface area contributed by atoms with Crippen LogP contribution >= 0.6 is 0 Å². The minimum atomic E-state index is 0.312. The number of aryl methyl sites for hydroxylation is 2. The molecule has 0 spiro atoms. The van der Waals surface area contributed by atoms with Crippen LogP contribution in [0.25, 0.3) is 0 Å². The summed E-state index contributed by atoms with van der Waals surface area (Å²) in [6.07, 6.45) is 0. The quantitative estimate of drug-likeness (QED) is 0.889. The standard InChI is InChI=1S/C15H23N3/c1-10(2)9-18-14(8-17-15(18)16)13-6-5-11(3)12(4)7-13/h5-7,10,14H,8-9H2,1-4H3,(H2,16,17). The monoisotopic (exact) mass is 245 g/mol. The summed E-state index contributed by atoms with van der Waals surface area (Å²) in [4.78, 5) is 6.63. The van der Waals surface area contributed by atoms with Crippen LogP contribution < -0.4 is 5.73 Å². The lowest BCUT2D eigenvalue weighted by molar-refractivity contribution is 0.309. The van der Waals surface area contributed by atoms with E-state index in [0.717, 1.165) is 13.1 Å². The van der Waals surface area contributed by atoms with Crippen molar-refractivity contribution in [1.29, 1.82) is 0 Å². The fourth-order valence-corrected chi connectivity index (χ4v) is 2.40. The average Bonchev–Trinajstić information content (AvgIpc) is 2.64. The van der Waals surface area contributed by atoms with Crippen LogP contribution in [0.3, 0.4) is 0 Å². The van der Waals surface area contributed by atoms with Gasteiger partial charge in [-0.3, -0.25) is 4.99 Å². The lowest BCUT2D eigenvalue weighted by atomic mass is 10.00. The highest BCUT2D eigenvalue weighted by molar-refractivity contribution is 5.80. The lowest BCUT2D eigenvalue weighted by Gasteiger charge is -2.28. The van der Waals surface area contributed by atoms with Crippen LogP contribution in [0.4, 0.5) is 0 Å². The molecule has 0 bridgehead atoms. The number of nitrogens with zero attached hydrogens (tertiary/aromatic N) is 2. The Morgan fingerprint density at radius 1 is 1.33 bits per heavy atom. The Bertz CT molecular complexity index is 463. The summed E-state index contributed by atoms with van der Waals surface area (Å²) < 4.78 is 0. The van der Waals surface area contributed by atoms with Gasteiger partial charge in [-0.1, -0.05) is 32.0 Å². The molecule has 0 amide bonds. The maximum absolute atomic E-state index is 6.00. The third kappa shape index (κ3) is 2.50. The molecule has 1 aliphatic heterocycles. The molecule has 1 aromatic rings. The van der Waals surface area contributed by atoms with Crippen LogP contribution in [-0.2, 0) is 0 Å². The van der Waals surface area contributed by atoms with E-state index >= 15 is 0 Å². The van der Waals surface area contributed by atoms with Gasteiger partial charge >= 0.3 is 0 Å². The van der Waals surface area contributed by atoms with Crippen molar-refractivity contribution in [2.45, 2.75) is 33.7 Å². The molecule has 1 heterocycles. The Kier molecular flexibility index (Phi) is 3.60. The highest BCUT2D eigenvalue weighted by Gasteiger charge is 2.27. The molecular formula is C15H23N3. The summed E-state index contributed by atoms with van der Waals surface area (Å²) in [5, 5.41) is 0. The van der Waals surface area contributed by atoms with Crippen molar-refractivity contribution < 1.29 is 0 Å². The molecule has 18 heavy (non-hydrogen) atoms. The highest BCUT2D eigenvalue weighted by Crippen LogP contribution is 2.27. The maximum atomic E-state index is 6.00. The second kappa shape index (κ2) is 5.01. The van der Waals surface area contributed by atoms with Crippen molar-refractivity contribution in [3.8, 4) is 0 Å². The first-order valence-corrected chi connectivity index (χ1v) is 6.62. The molecule has 1 unspecified atom stereocenters. The first-order valence-electron chi connectivity index (χ1n) is 6.62. The van der Waals surface area contributed by atoms with E-state index in [1.165, 1.54) is 16.7 Å². The van der Waals surface area contributed by atoms with E-state index in [1.54, 1.807) is 0 Å². The van der Waals surface area contributed by atoms with Gasteiger partial charge in [0.05, 0.1) is 12.6 Å². The molecule has 1 aliphatic rings. The topological polar surface area (TPSA) is 41.6 Å². The Labute approximate surface area is 110 Å². The predicted molar refractivity (Wildman–Crippen MR) is 76.7 cm³/mol. The molecule has 0 saturated heterocycles. The van der Waals surface area contributed by atoms with Gasteiger partial charge in [0.1, 0.15) is 0 Å². The summed E-state index contributed by atoms with van der Waals surface area (Å²) >= 11 is 0. The zero-order valence-corrected chi connectivity index (χ0v) is 11.8. The van der Waals surface area contributed by atoms with Crippen LogP contribution in [0.1, 0.15) is 36.6 Å². The SMILES string of the molecule is Cc1ccc(C2CN=C(N)N2CC(C)C)cc1C. The van der Waals surface area contributed by atoms with Gasteiger partial charge in [0.2, 0.25) is 0 Å². The van der Waals surface area contributed by atoms with Crippen molar-refractivity contribution >= 4 is 5.96 Å². The first kappa shape index (κ1) is 12.9. The van der Waals surface area contributed by atoms with E-state index in [1.807, 2.05) is 0 Å². The van der Waals surface area contributed by atoms with Gasteiger partial charge in [0.25, 0.3) is 0 Å². The third-order valence-electron chi connectivity index (χ3n) is 3.57. The van der Waals surface area contributed by atoms with E-state index in [4.69, 9.17) is 5.73 Å². The fourth-order valence-electron chi connectivity index (χ4n) is 2.40. The van der Waals surface area contributed by atoms with Gasteiger partial charge in [-0.25, -0.2) is 0 Å². The van der Waals surface area contributed by atoms with Gasteiger partial charge in [0.15, 0.2) is 5.96 Å². The predicted octanol–water partition coefficient (Wildman–Crippen LogP) is 2.63. The number of benzene rings is 1. The number of rotatable bonds is 3. The molecule has 0 saturated carbocycles. The average molecular weight is 245 g/mol. The molecule has 0 aromatic heterocycles. The van der Waals surface area contributed by atoms with Crippen LogP contribution in [0.5, 0.6) is 0 Å². The smallest absolute Gasteiger partial charge is 0.191 e. The van der Waals surface area contributed by atoms with Crippen LogP contribution in [0.15, 0.2) is 23.2 Å². The molecule has 1 aromatic carbocycles. The minimum absolute atomic E-state index is 0.312. The highest BCUT2D eigenvalue weighted by atomic mass is 15.3. The number of hydrogen-bond acceptors (Lipinski definition) is 3. The van der Waals surface area contributed by atoms with Crippen molar-refractivity contribution in [3.05, 3.63) is 34.9 Å². The molecule has 3 nitrogen and oxygen atoms in total. The van der Waals surface area contributed by atoms with E-state index < -0.39 is 0 Å². The Hall–Kier alpha value is -1.51. The third-order valence-corrected chi connectivity index (χ3v) is 3.57. The van der Waals surface area contributed by atoms with Crippen molar-refractivity contribution in [2.75, 3.05) is 13.1 Å². The maximum Gasteiger partial charge on any atom is 0.191 e. The summed E-state index contributed by atoms with van der Waals surface area (Å²) in [6.45, 7) is 10.5. The zero-order valence-electron chi connectivity index (χ0n) is 11.8. The second-order valence-electron chi connectivity index (χ2n) is 5.60. The zero-order chi connectivity index (χ0) is 13.3. The van der Waals surface area contributed by atoms with E-state index in [9.17, 15) is 0 Å². The number of nitrogens with two attached hydrogens (primary N) is 1. The normalized spacial score (nSPS) is 19.5.